The summed E-state index contributed by atoms with van der Waals surface area (Å²) in [6.07, 6.45) is 1.98. The molecule has 0 radical (unpaired) electrons. The van der Waals surface area contributed by atoms with E-state index in [0.29, 0.717) is 17.3 Å². The van der Waals surface area contributed by atoms with E-state index in [1.54, 1.807) is 10.4 Å². The molecule has 1 aliphatic rings. The summed E-state index contributed by atoms with van der Waals surface area (Å²) in [4.78, 5) is 3.36. The molecule has 1 aromatic heterocycles. The van der Waals surface area contributed by atoms with Crippen LogP contribution >= 0.6 is 22.9 Å². The van der Waals surface area contributed by atoms with E-state index in [-0.39, 0.29) is 0 Å². The molecule has 0 unspecified atom stereocenters. The number of nitrogens with zero attached hydrogens (tertiary/aromatic N) is 2. The zero-order chi connectivity index (χ0) is 17.9. The summed E-state index contributed by atoms with van der Waals surface area (Å²) in [5.74, 6) is 0. The first kappa shape index (κ1) is 18.9. The van der Waals surface area contributed by atoms with Crippen LogP contribution in [0.5, 0.6) is 0 Å². The van der Waals surface area contributed by atoms with Gasteiger partial charge in [-0.15, -0.1) is 11.3 Å². The van der Waals surface area contributed by atoms with E-state index in [0.717, 1.165) is 42.4 Å². The van der Waals surface area contributed by atoms with Gasteiger partial charge in [0.25, 0.3) is 10.0 Å². The Kier molecular flexibility index (Phi) is 6.17. The van der Waals surface area contributed by atoms with Crippen molar-refractivity contribution < 1.29 is 8.42 Å². The minimum atomic E-state index is -3.33. The van der Waals surface area contributed by atoms with Gasteiger partial charge < -0.3 is 4.90 Å². The SMILES string of the molecule is Cc1ccc(S(=O)(=O)N2CCN(CCCc3ccccc3Cl)CC2)s1. The summed E-state index contributed by atoms with van der Waals surface area (Å²) >= 11 is 7.54. The molecule has 0 saturated carbocycles. The Labute approximate surface area is 159 Å². The average molecular weight is 399 g/mol. The lowest BCUT2D eigenvalue weighted by Crippen LogP contribution is -2.48. The third kappa shape index (κ3) is 4.63. The molecule has 2 aromatic rings. The van der Waals surface area contributed by atoms with Crippen LogP contribution in [-0.4, -0.2) is 50.3 Å². The molecule has 25 heavy (non-hydrogen) atoms. The van der Waals surface area contributed by atoms with E-state index in [4.69, 9.17) is 11.6 Å². The zero-order valence-corrected chi connectivity index (χ0v) is 16.7. The van der Waals surface area contributed by atoms with Gasteiger partial charge in [0.1, 0.15) is 4.21 Å². The van der Waals surface area contributed by atoms with E-state index in [9.17, 15) is 8.42 Å². The van der Waals surface area contributed by atoms with Crippen LogP contribution < -0.4 is 0 Å². The number of thiophene rings is 1. The van der Waals surface area contributed by atoms with E-state index < -0.39 is 10.0 Å². The van der Waals surface area contributed by atoms with Gasteiger partial charge in [0, 0.05) is 36.1 Å². The zero-order valence-electron chi connectivity index (χ0n) is 14.3. The summed E-state index contributed by atoms with van der Waals surface area (Å²) < 4.78 is 27.4. The van der Waals surface area contributed by atoms with Crippen molar-refractivity contribution in [3.05, 3.63) is 51.9 Å². The molecule has 0 N–H and O–H groups in total. The monoisotopic (exact) mass is 398 g/mol. The minimum Gasteiger partial charge on any atom is -0.301 e. The molecule has 1 aliphatic heterocycles. The third-order valence-corrected chi connectivity index (χ3v) is 8.25. The molecule has 0 aliphatic carbocycles. The fraction of sp³-hybridized carbons (Fsp3) is 0.444. The quantitative estimate of drug-likeness (QED) is 0.745. The second-order valence-corrected chi connectivity index (χ2v) is 10.2. The fourth-order valence-corrected chi connectivity index (χ4v) is 6.16. The highest BCUT2D eigenvalue weighted by molar-refractivity contribution is 7.91. The number of sulfonamides is 1. The predicted molar refractivity (Wildman–Crippen MR) is 104 cm³/mol. The highest BCUT2D eigenvalue weighted by Gasteiger charge is 2.29. The minimum absolute atomic E-state index is 0.456. The van der Waals surface area contributed by atoms with E-state index in [2.05, 4.69) is 11.0 Å². The molecule has 1 saturated heterocycles. The summed E-state index contributed by atoms with van der Waals surface area (Å²) in [5.41, 5.74) is 1.18. The molecular formula is C18H23ClN2O2S2. The molecule has 0 spiro atoms. The Morgan fingerprint density at radius 2 is 1.80 bits per heavy atom. The van der Waals surface area contributed by atoms with Crippen molar-refractivity contribution in [2.24, 2.45) is 0 Å². The van der Waals surface area contributed by atoms with Gasteiger partial charge in [-0.3, -0.25) is 0 Å². The first-order valence-electron chi connectivity index (χ1n) is 8.49. The van der Waals surface area contributed by atoms with Crippen molar-refractivity contribution in [3.8, 4) is 0 Å². The normalized spacial score (nSPS) is 17.0. The van der Waals surface area contributed by atoms with E-state index in [1.165, 1.54) is 16.9 Å². The first-order chi connectivity index (χ1) is 12.0. The van der Waals surface area contributed by atoms with Crippen LogP contribution in [0, 0.1) is 6.92 Å². The molecule has 7 heteroatoms. The smallest absolute Gasteiger partial charge is 0.252 e. The van der Waals surface area contributed by atoms with Gasteiger partial charge in [-0.1, -0.05) is 29.8 Å². The number of hydrogen-bond acceptors (Lipinski definition) is 4. The first-order valence-corrected chi connectivity index (χ1v) is 11.1. The van der Waals surface area contributed by atoms with Crippen LogP contribution in [0.15, 0.2) is 40.6 Å². The molecule has 2 heterocycles. The van der Waals surface area contributed by atoms with Crippen molar-refractivity contribution in [2.45, 2.75) is 24.0 Å². The Balaban J connectivity index is 1.48. The molecule has 136 valence electrons. The van der Waals surface area contributed by atoms with Crippen molar-refractivity contribution in [3.63, 3.8) is 0 Å². The van der Waals surface area contributed by atoms with Crippen LogP contribution in [0.2, 0.25) is 5.02 Å². The molecule has 3 rings (SSSR count). The van der Waals surface area contributed by atoms with Gasteiger partial charge in [-0.05, 0) is 50.1 Å². The highest BCUT2D eigenvalue weighted by atomic mass is 35.5. The number of benzene rings is 1. The lowest BCUT2D eigenvalue weighted by atomic mass is 10.1. The van der Waals surface area contributed by atoms with Crippen molar-refractivity contribution in [1.29, 1.82) is 0 Å². The second-order valence-electron chi connectivity index (χ2n) is 6.31. The lowest BCUT2D eigenvalue weighted by Gasteiger charge is -2.33. The van der Waals surface area contributed by atoms with Gasteiger partial charge in [0.2, 0.25) is 0 Å². The molecule has 0 bridgehead atoms. The summed E-state index contributed by atoms with van der Waals surface area (Å²) in [5, 5.41) is 0.824. The lowest BCUT2D eigenvalue weighted by molar-refractivity contribution is 0.187. The van der Waals surface area contributed by atoms with Crippen molar-refractivity contribution in [1.82, 2.24) is 9.21 Å². The number of hydrogen-bond donors (Lipinski definition) is 0. The average Bonchev–Trinajstić information content (AvgIpc) is 3.04. The largest absolute Gasteiger partial charge is 0.301 e. The van der Waals surface area contributed by atoms with Gasteiger partial charge >= 0.3 is 0 Å². The molecule has 0 atom stereocenters. The van der Waals surface area contributed by atoms with E-state index >= 15 is 0 Å². The molecular weight excluding hydrogens is 376 g/mol. The Morgan fingerprint density at radius 3 is 2.44 bits per heavy atom. The third-order valence-electron chi connectivity index (χ3n) is 4.52. The summed E-state index contributed by atoms with van der Waals surface area (Å²) in [6.45, 7) is 5.59. The molecule has 1 fully saturated rings. The van der Waals surface area contributed by atoms with Crippen LogP contribution in [0.25, 0.3) is 0 Å². The maximum atomic E-state index is 12.6. The second kappa shape index (κ2) is 8.18. The standard InChI is InChI=1S/C18H23ClN2O2S2/c1-15-8-9-18(24-15)25(22,23)21-13-11-20(12-14-21)10-4-6-16-5-2-3-7-17(16)19/h2-3,5,7-9H,4,6,10-14H2,1H3. The Bertz CT molecular complexity index is 812. The summed E-state index contributed by atoms with van der Waals surface area (Å²) in [6, 6.07) is 11.5. The van der Waals surface area contributed by atoms with Gasteiger partial charge in [-0.25, -0.2) is 8.42 Å². The molecule has 1 aromatic carbocycles. The van der Waals surface area contributed by atoms with Crippen molar-refractivity contribution in [2.75, 3.05) is 32.7 Å². The number of piperazine rings is 1. The van der Waals surface area contributed by atoms with Crippen LogP contribution in [-0.2, 0) is 16.4 Å². The van der Waals surface area contributed by atoms with Crippen molar-refractivity contribution >= 4 is 33.0 Å². The highest BCUT2D eigenvalue weighted by Crippen LogP contribution is 2.25. The number of aryl methyl sites for hydroxylation is 2. The Hall–Kier alpha value is -0.920. The molecule has 0 amide bonds. The summed E-state index contributed by atoms with van der Waals surface area (Å²) in [7, 11) is -3.33. The predicted octanol–water partition coefficient (Wildman–Crippen LogP) is 3.65. The van der Waals surface area contributed by atoms with Crippen LogP contribution in [0.4, 0.5) is 0 Å². The fourth-order valence-electron chi connectivity index (χ4n) is 3.07. The van der Waals surface area contributed by atoms with Gasteiger partial charge in [0.15, 0.2) is 0 Å². The topological polar surface area (TPSA) is 40.6 Å². The number of halogens is 1. The maximum absolute atomic E-state index is 12.6. The van der Waals surface area contributed by atoms with Crippen LogP contribution in [0.3, 0.4) is 0 Å². The number of rotatable bonds is 6. The molecule has 4 nitrogen and oxygen atoms in total. The van der Waals surface area contributed by atoms with Gasteiger partial charge in [-0.2, -0.15) is 4.31 Å². The van der Waals surface area contributed by atoms with Gasteiger partial charge in [0.05, 0.1) is 0 Å². The Morgan fingerprint density at radius 1 is 1.08 bits per heavy atom. The van der Waals surface area contributed by atoms with Crippen LogP contribution in [0.1, 0.15) is 16.9 Å². The maximum Gasteiger partial charge on any atom is 0.252 e. The van der Waals surface area contributed by atoms with E-state index in [1.807, 2.05) is 31.2 Å².